The van der Waals surface area contributed by atoms with Crippen LogP contribution in [-0.2, 0) is 14.3 Å². The summed E-state index contributed by atoms with van der Waals surface area (Å²) in [7, 11) is 1.55. The maximum Gasteiger partial charge on any atom is 0.408 e. The summed E-state index contributed by atoms with van der Waals surface area (Å²) in [5, 5.41) is 2.52. The predicted octanol–water partition coefficient (Wildman–Crippen LogP) is 1.51. The standard InChI is InChI=1S/C11H21NO4/c1-8(13)9(6-7-15-5)12-10(14)16-11(2,3)4/h9H,6-7H2,1-5H3,(H,12,14)/t9-/m1/s1. The fraction of sp³-hybridized carbons (Fsp3) is 0.818. The molecule has 5 nitrogen and oxygen atoms in total. The van der Waals surface area contributed by atoms with Crippen LogP contribution in [0.5, 0.6) is 0 Å². The summed E-state index contributed by atoms with van der Waals surface area (Å²) >= 11 is 0. The molecule has 0 rings (SSSR count). The van der Waals surface area contributed by atoms with E-state index in [0.29, 0.717) is 13.0 Å². The normalized spacial score (nSPS) is 13.1. The Hall–Kier alpha value is -1.10. The molecule has 0 unspecified atom stereocenters. The van der Waals surface area contributed by atoms with E-state index >= 15 is 0 Å². The van der Waals surface area contributed by atoms with E-state index in [2.05, 4.69) is 5.32 Å². The molecule has 0 spiro atoms. The minimum atomic E-state index is -0.580. The van der Waals surface area contributed by atoms with Crippen molar-refractivity contribution in [1.82, 2.24) is 5.32 Å². The molecule has 0 saturated carbocycles. The summed E-state index contributed by atoms with van der Waals surface area (Å²) in [6.07, 6.45) is -0.130. The summed E-state index contributed by atoms with van der Waals surface area (Å²) in [4.78, 5) is 22.6. The molecule has 5 heteroatoms. The molecular weight excluding hydrogens is 210 g/mol. The van der Waals surface area contributed by atoms with Gasteiger partial charge in [0.15, 0.2) is 5.78 Å². The zero-order chi connectivity index (χ0) is 12.8. The van der Waals surface area contributed by atoms with Crippen LogP contribution in [0, 0.1) is 0 Å². The van der Waals surface area contributed by atoms with E-state index in [0.717, 1.165) is 0 Å². The monoisotopic (exact) mass is 231 g/mol. The topological polar surface area (TPSA) is 64.6 Å². The highest BCUT2D eigenvalue weighted by Gasteiger charge is 2.21. The number of carbonyl (C=O) groups excluding carboxylic acids is 2. The number of amides is 1. The molecule has 0 fully saturated rings. The van der Waals surface area contributed by atoms with Crippen LogP contribution < -0.4 is 5.32 Å². The Bertz CT molecular complexity index is 245. The Labute approximate surface area is 96.5 Å². The van der Waals surface area contributed by atoms with Crippen molar-refractivity contribution >= 4 is 11.9 Å². The Morgan fingerprint density at radius 2 is 1.88 bits per heavy atom. The van der Waals surface area contributed by atoms with Gasteiger partial charge in [-0.15, -0.1) is 0 Å². The van der Waals surface area contributed by atoms with E-state index in [9.17, 15) is 9.59 Å². The number of Topliss-reactive ketones (excluding diaryl/α,β-unsaturated/α-hetero) is 1. The average molecular weight is 231 g/mol. The van der Waals surface area contributed by atoms with Crippen molar-refractivity contribution in [1.29, 1.82) is 0 Å². The van der Waals surface area contributed by atoms with Crippen molar-refractivity contribution < 1.29 is 19.1 Å². The Morgan fingerprint density at radius 3 is 2.25 bits per heavy atom. The van der Waals surface area contributed by atoms with Crippen LogP contribution in [0.3, 0.4) is 0 Å². The van der Waals surface area contributed by atoms with Crippen LogP contribution in [0.1, 0.15) is 34.1 Å². The van der Waals surface area contributed by atoms with Crippen molar-refractivity contribution in [2.75, 3.05) is 13.7 Å². The van der Waals surface area contributed by atoms with Crippen LogP contribution in [0.4, 0.5) is 4.79 Å². The minimum Gasteiger partial charge on any atom is -0.444 e. The van der Waals surface area contributed by atoms with Crippen molar-refractivity contribution in [3.63, 3.8) is 0 Å². The number of nitrogens with one attached hydrogen (secondary N) is 1. The largest absolute Gasteiger partial charge is 0.444 e. The van der Waals surface area contributed by atoms with Gasteiger partial charge in [-0.3, -0.25) is 4.79 Å². The van der Waals surface area contributed by atoms with Gasteiger partial charge in [-0.25, -0.2) is 4.79 Å². The van der Waals surface area contributed by atoms with Crippen LogP contribution in [-0.4, -0.2) is 37.2 Å². The zero-order valence-corrected chi connectivity index (χ0v) is 10.6. The third kappa shape index (κ3) is 7.23. The van der Waals surface area contributed by atoms with Crippen LogP contribution in [0.2, 0.25) is 0 Å². The number of hydrogen-bond acceptors (Lipinski definition) is 4. The van der Waals surface area contributed by atoms with Gasteiger partial charge in [0.2, 0.25) is 0 Å². The lowest BCUT2D eigenvalue weighted by molar-refractivity contribution is -0.119. The van der Waals surface area contributed by atoms with E-state index < -0.39 is 17.7 Å². The van der Waals surface area contributed by atoms with E-state index in [1.807, 2.05) is 0 Å². The van der Waals surface area contributed by atoms with Crippen molar-refractivity contribution in [3.05, 3.63) is 0 Å². The number of hydrogen-bond donors (Lipinski definition) is 1. The number of ether oxygens (including phenoxy) is 2. The van der Waals surface area contributed by atoms with Gasteiger partial charge in [0.1, 0.15) is 5.60 Å². The second-order valence-electron chi connectivity index (χ2n) is 4.59. The molecule has 1 amide bonds. The third-order valence-corrected chi connectivity index (χ3v) is 1.79. The first-order valence-electron chi connectivity index (χ1n) is 5.25. The Kier molecular flexibility index (Phi) is 6.03. The van der Waals surface area contributed by atoms with Gasteiger partial charge in [-0.2, -0.15) is 0 Å². The number of ketones is 1. The first kappa shape index (κ1) is 14.9. The zero-order valence-electron chi connectivity index (χ0n) is 10.6. The van der Waals surface area contributed by atoms with Crippen LogP contribution in [0.25, 0.3) is 0 Å². The molecule has 0 aromatic carbocycles. The maximum atomic E-state index is 11.4. The van der Waals surface area contributed by atoms with Crippen molar-refractivity contribution in [3.8, 4) is 0 Å². The average Bonchev–Trinajstić information content (AvgIpc) is 2.08. The molecule has 16 heavy (non-hydrogen) atoms. The van der Waals surface area contributed by atoms with Gasteiger partial charge >= 0.3 is 6.09 Å². The fourth-order valence-corrected chi connectivity index (χ4v) is 1.06. The number of rotatable bonds is 5. The summed E-state index contributed by atoms with van der Waals surface area (Å²) in [5.74, 6) is -0.108. The highest BCUT2D eigenvalue weighted by molar-refractivity contribution is 5.85. The summed E-state index contributed by atoms with van der Waals surface area (Å²) in [6.45, 7) is 7.15. The molecule has 1 N–H and O–H groups in total. The van der Waals surface area contributed by atoms with E-state index in [-0.39, 0.29) is 5.78 Å². The van der Waals surface area contributed by atoms with Crippen LogP contribution >= 0.6 is 0 Å². The molecule has 0 aromatic rings. The lowest BCUT2D eigenvalue weighted by Gasteiger charge is -2.22. The van der Waals surface area contributed by atoms with E-state index in [1.165, 1.54) is 6.92 Å². The van der Waals surface area contributed by atoms with Crippen molar-refractivity contribution in [2.45, 2.75) is 45.8 Å². The Morgan fingerprint density at radius 1 is 1.31 bits per heavy atom. The molecule has 0 aliphatic rings. The van der Waals surface area contributed by atoms with Gasteiger partial charge in [-0.05, 0) is 34.1 Å². The summed E-state index contributed by atoms with van der Waals surface area (Å²) in [5.41, 5.74) is -0.563. The SMILES string of the molecule is COCC[C@@H](NC(=O)OC(C)(C)C)C(C)=O. The fourth-order valence-electron chi connectivity index (χ4n) is 1.06. The number of methoxy groups -OCH3 is 1. The Balaban J connectivity index is 4.19. The molecule has 0 aromatic heterocycles. The second-order valence-corrected chi connectivity index (χ2v) is 4.59. The predicted molar refractivity (Wildman–Crippen MR) is 60.3 cm³/mol. The maximum absolute atomic E-state index is 11.4. The highest BCUT2D eigenvalue weighted by Crippen LogP contribution is 2.07. The highest BCUT2D eigenvalue weighted by atomic mass is 16.6. The lowest BCUT2D eigenvalue weighted by atomic mass is 10.1. The van der Waals surface area contributed by atoms with Gasteiger partial charge < -0.3 is 14.8 Å². The first-order chi connectivity index (χ1) is 7.26. The van der Waals surface area contributed by atoms with Crippen LogP contribution in [0.15, 0.2) is 0 Å². The molecule has 0 aliphatic heterocycles. The molecule has 0 bridgehead atoms. The summed E-state index contributed by atoms with van der Waals surface area (Å²) < 4.78 is 9.92. The van der Waals surface area contributed by atoms with Gasteiger partial charge in [-0.1, -0.05) is 0 Å². The second kappa shape index (κ2) is 6.48. The molecule has 1 atom stereocenters. The number of alkyl carbamates (subject to hydrolysis) is 1. The minimum absolute atomic E-state index is 0.108. The molecular formula is C11H21NO4. The summed E-state index contributed by atoms with van der Waals surface area (Å²) in [6, 6.07) is -0.546. The molecule has 0 heterocycles. The first-order valence-corrected chi connectivity index (χ1v) is 5.25. The molecule has 0 saturated heterocycles. The number of carbonyl (C=O) groups is 2. The molecule has 0 aliphatic carbocycles. The van der Waals surface area contributed by atoms with E-state index in [4.69, 9.17) is 9.47 Å². The quantitative estimate of drug-likeness (QED) is 0.778. The molecule has 94 valence electrons. The molecule has 0 radical (unpaired) electrons. The lowest BCUT2D eigenvalue weighted by Crippen LogP contribution is -2.43. The van der Waals surface area contributed by atoms with Gasteiger partial charge in [0.05, 0.1) is 6.04 Å². The third-order valence-electron chi connectivity index (χ3n) is 1.79. The van der Waals surface area contributed by atoms with Gasteiger partial charge in [0.25, 0.3) is 0 Å². The smallest absolute Gasteiger partial charge is 0.408 e. The van der Waals surface area contributed by atoms with E-state index in [1.54, 1.807) is 27.9 Å². The van der Waals surface area contributed by atoms with Crippen molar-refractivity contribution in [2.24, 2.45) is 0 Å². The van der Waals surface area contributed by atoms with Gasteiger partial charge in [0, 0.05) is 13.7 Å².